The number of ether oxygens (including phenoxy) is 1. The second-order valence-corrected chi connectivity index (χ2v) is 4.29. The van der Waals surface area contributed by atoms with Crippen LogP contribution in [-0.2, 0) is 6.18 Å². The number of carboxylic acids is 1. The summed E-state index contributed by atoms with van der Waals surface area (Å²) in [5, 5.41) is 9.20. The molecule has 21 heavy (non-hydrogen) atoms. The number of alkyl halides is 3. The van der Waals surface area contributed by atoms with E-state index in [4.69, 9.17) is 4.74 Å². The van der Waals surface area contributed by atoms with Crippen LogP contribution in [0.1, 0.15) is 15.9 Å². The van der Waals surface area contributed by atoms with Crippen molar-refractivity contribution in [3.63, 3.8) is 0 Å². The molecule has 3 nitrogen and oxygen atoms in total. The highest BCUT2D eigenvalue weighted by atomic mass is 19.4. The number of halogens is 3. The average molecular weight is 296 g/mol. The van der Waals surface area contributed by atoms with Gasteiger partial charge in [0, 0.05) is 0 Å². The zero-order valence-electron chi connectivity index (χ0n) is 10.9. The summed E-state index contributed by atoms with van der Waals surface area (Å²) in [4.78, 5) is 11.3. The summed E-state index contributed by atoms with van der Waals surface area (Å²) in [5.41, 5.74) is -0.0918. The topological polar surface area (TPSA) is 46.5 Å². The standard InChI is InChI=1S/C15H11F3O3/c1-21-11-6-7-12(13(8-11)14(19)20)9-2-4-10(5-3-9)15(16,17)18/h2-8H,1H3,(H,19,20). The van der Waals surface area contributed by atoms with Gasteiger partial charge in [-0.05, 0) is 41.5 Å². The SMILES string of the molecule is COc1ccc(-c2ccc(C(F)(F)F)cc2)c(C(=O)O)c1. The molecule has 0 unspecified atom stereocenters. The van der Waals surface area contributed by atoms with Gasteiger partial charge in [-0.2, -0.15) is 13.2 Å². The normalized spacial score (nSPS) is 11.2. The monoisotopic (exact) mass is 296 g/mol. The van der Waals surface area contributed by atoms with Crippen molar-refractivity contribution in [2.45, 2.75) is 6.18 Å². The Morgan fingerprint density at radius 2 is 1.71 bits per heavy atom. The van der Waals surface area contributed by atoms with Gasteiger partial charge in [0.15, 0.2) is 0 Å². The Balaban J connectivity index is 2.49. The molecule has 0 atom stereocenters. The van der Waals surface area contributed by atoms with Crippen molar-refractivity contribution in [1.82, 2.24) is 0 Å². The van der Waals surface area contributed by atoms with Gasteiger partial charge in [0.1, 0.15) is 5.75 Å². The lowest BCUT2D eigenvalue weighted by molar-refractivity contribution is -0.137. The molecule has 0 spiro atoms. The Morgan fingerprint density at radius 1 is 1.10 bits per heavy atom. The fourth-order valence-corrected chi connectivity index (χ4v) is 1.92. The molecule has 0 aliphatic carbocycles. The van der Waals surface area contributed by atoms with Gasteiger partial charge in [-0.3, -0.25) is 0 Å². The van der Waals surface area contributed by atoms with Crippen LogP contribution in [0.2, 0.25) is 0 Å². The quantitative estimate of drug-likeness (QED) is 0.928. The molecule has 0 saturated carbocycles. The van der Waals surface area contributed by atoms with E-state index < -0.39 is 17.7 Å². The van der Waals surface area contributed by atoms with E-state index in [-0.39, 0.29) is 5.56 Å². The number of carbonyl (C=O) groups is 1. The number of aromatic carboxylic acids is 1. The predicted molar refractivity (Wildman–Crippen MR) is 70.4 cm³/mol. The minimum atomic E-state index is -4.42. The smallest absolute Gasteiger partial charge is 0.416 e. The third kappa shape index (κ3) is 3.16. The fourth-order valence-electron chi connectivity index (χ4n) is 1.92. The van der Waals surface area contributed by atoms with Gasteiger partial charge in [0.05, 0.1) is 18.2 Å². The van der Waals surface area contributed by atoms with E-state index in [1.807, 2.05) is 0 Å². The lowest BCUT2D eigenvalue weighted by Crippen LogP contribution is -2.04. The second-order valence-electron chi connectivity index (χ2n) is 4.29. The maximum atomic E-state index is 12.5. The van der Waals surface area contributed by atoms with Crippen LogP contribution >= 0.6 is 0 Å². The summed E-state index contributed by atoms with van der Waals surface area (Å²) in [7, 11) is 1.40. The summed E-state index contributed by atoms with van der Waals surface area (Å²) in [5.74, 6) is -0.813. The fraction of sp³-hybridized carbons (Fsp3) is 0.133. The highest BCUT2D eigenvalue weighted by Gasteiger charge is 2.30. The Morgan fingerprint density at radius 3 is 2.19 bits per heavy atom. The van der Waals surface area contributed by atoms with E-state index >= 15 is 0 Å². The molecule has 2 aromatic carbocycles. The zero-order chi connectivity index (χ0) is 15.6. The molecule has 0 bridgehead atoms. The first-order valence-corrected chi connectivity index (χ1v) is 5.92. The van der Waals surface area contributed by atoms with Gasteiger partial charge in [-0.1, -0.05) is 12.1 Å². The molecule has 110 valence electrons. The third-order valence-electron chi connectivity index (χ3n) is 2.98. The Kier molecular flexibility index (Phi) is 3.88. The lowest BCUT2D eigenvalue weighted by Gasteiger charge is -2.10. The summed E-state index contributed by atoms with van der Waals surface area (Å²) >= 11 is 0. The molecular weight excluding hydrogens is 285 g/mol. The van der Waals surface area contributed by atoms with Crippen LogP contribution in [-0.4, -0.2) is 18.2 Å². The van der Waals surface area contributed by atoms with Crippen LogP contribution in [0.3, 0.4) is 0 Å². The van der Waals surface area contributed by atoms with Crippen LogP contribution < -0.4 is 4.74 Å². The van der Waals surface area contributed by atoms with Crippen LogP contribution in [0.15, 0.2) is 42.5 Å². The number of carboxylic acid groups (broad SMARTS) is 1. The summed E-state index contributed by atoms with van der Waals surface area (Å²) in [6.07, 6.45) is -4.42. The van der Waals surface area contributed by atoms with Gasteiger partial charge in [0.2, 0.25) is 0 Å². The van der Waals surface area contributed by atoms with E-state index in [1.54, 1.807) is 6.07 Å². The maximum absolute atomic E-state index is 12.5. The molecule has 0 fully saturated rings. The second kappa shape index (κ2) is 5.47. The number of methoxy groups -OCH3 is 1. The van der Waals surface area contributed by atoms with Crippen LogP contribution in [0.4, 0.5) is 13.2 Å². The Bertz CT molecular complexity index is 661. The molecule has 2 aromatic rings. The van der Waals surface area contributed by atoms with E-state index in [1.165, 1.54) is 31.4 Å². The lowest BCUT2D eigenvalue weighted by atomic mass is 9.98. The van der Waals surface area contributed by atoms with Crippen LogP contribution in [0.5, 0.6) is 5.75 Å². The van der Waals surface area contributed by atoms with Gasteiger partial charge in [-0.15, -0.1) is 0 Å². The molecule has 0 radical (unpaired) electrons. The van der Waals surface area contributed by atoms with Crippen molar-refractivity contribution in [2.75, 3.05) is 7.11 Å². The van der Waals surface area contributed by atoms with Gasteiger partial charge in [0.25, 0.3) is 0 Å². The minimum Gasteiger partial charge on any atom is -0.497 e. The first-order chi connectivity index (χ1) is 9.82. The third-order valence-corrected chi connectivity index (χ3v) is 2.98. The van der Waals surface area contributed by atoms with Crippen molar-refractivity contribution in [3.8, 4) is 16.9 Å². The molecule has 0 saturated heterocycles. The first kappa shape index (κ1) is 14.9. The maximum Gasteiger partial charge on any atom is 0.416 e. The molecule has 2 rings (SSSR count). The molecule has 0 aromatic heterocycles. The largest absolute Gasteiger partial charge is 0.497 e. The van der Waals surface area contributed by atoms with Crippen LogP contribution in [0.25, 0.3) is 11.1 Å². The van der Waals surface area contributed by atoms with Crippen molar-refractivity contribution >= 4 is 5.97 Å². The molecule has 0 heterocycles. The van der Waals surface area contributed by atoms with E-state index in [9.17, 15) is 23.1 Å². The molecule has 1 N–H and O–H groups in total. The highest BCUT2D eigenvalue weighted by Crippen LogP contribution is 2.32. The van der Waals surface area contributed by atoms with Crippen molar-refractivity contribution in [3.05, 3.63) is 53.6 Å². The predicted octanol–water partition coefficient (Wildman–Crippen LogP) is 4.08. The average Bonchev–Trinajstić information content (AvgIpc) is 2.45. The molecule has 0 aliphatic rings. The van der Waals surface area contributed by atoms with E-state index in [0.717, 1.165) is 12.1 Å². The van der Waals surface area contributed by atoms with Gasteiger partial charge >= 0.3 is 12.1 Å². The number of rotatable bonds is 3. The van der Waals surface area contributed by atoms with Crippen molar-refractivity contribution in [2.24, 2.45) is 0 Å². The number of hydrogen-bond donors (Lipinski definition) is 1. The first-order valence-electron chi connectivity index (χ1n) is 5.92. The van der Waals surface area contributed by atoms with Gasteiger partial charge in [-0.25, -0.2) is 4.79 Å². The highest BCUT2D eigenvalue weighted by molar-refractivity contribution is 5.96. The summed E-state index contributed by atoms with van der Waals surface area (Å²) < 4.78 is 42.5. The Labute approximate surface area is 118 Å². The molecule has 6 heteroatoms. The van der Waals surface area contributed by atoms with Crippen molar-refractivity contribution < 1.29 is 27.8 Å². The number of hydrogen-bond acceptors (Lipinski definition) is 2. The van der Waals surface area contributed by atoms with E-state index in [0.29, 0.717) is 16.9 Å². The molecule has 0 aliphatic heterocycles. The molecular formula is C15H11F3O3. The summed E-state index contributed by atoms with van der Waals surface area (Å²) in [6, 6.07) is 8.73. The van der Waals surface area contributed by atoms with Crippen molar-refractivity contribution in [1.29, 1.82) is 0 Å². The summed E-state index contributed by atoms with van der Waals surface area (Å²) in [6.45, 7) is 0. The van der Waals surface area contributed by atoms with Gasteiger partial charge < -0.3 is 9.84 Å². The van der Waals surface area contributed by atoms with E-state index in [2.05, 4.69) is 0 Å². The number of benzene rings is 2. The molecule has 0 amide bonds. The Hall–Kier alpha value is -2.50. The zero-order valence-corrected chi connectivity index (χ0v) is 10.9. The van der Waals surface area contributed by atoms with Crippen LogP contribution in [0, 0.1) is 0 Å². The minimum absolute atomic E-state index is 0.0332.